The summed E-state index contributed by atoms with van der Waals surface area (Å²) >= 11 is 0. The number of rotatable bonds is 4. The minimum Gasteiger partial charge on any atom is -0.460 e. The Balaban J connectivity index is 1.86. The monoisotopic (exact) mass is 298 g/mol. The molecule has 1 aromatic carbocycles. The van der Waals surface area contributed by atoms with Crippen molar-refractivity contribution in [2.24, 2.45) is 0 Å². The quantitative estimate of drug-likeness (QED) is 0.883. The van der Waals surface area contributed by atoms with Gasteiger partial charge in [-0.2, -0.15) is 0 Å². The maximum absolute atomic E-state index is 10.2. The summed E-state index contributed by atoms with van der Waals surface area (Å²) in [6, 6.07) is 6.17. The molecule has 0 fully saturated rings. The van der Waals surface area contributed by atoms with Gasteiger partial charge in [0.1, 0.15) is 11.3 Å². The summed E-state index contributed by atoms with van der Waals surface area (Å²) in [6.45, 7) is 7.36. The van der Waals surface area contributed by atoms with Crippen LogP contribution >= 0.6 is 0 Å². The zero-order chi connectivity index (χ0) is 16.0. The van der Waals surface area contributed by atoms with Gasteiger partial charge in [0.15, 0.2) is 0 Å². The lowest BCUT2D eigenvalue weighted by atomic mass is 9.82. The summed E-state index contributed by atoms with van der Waals surface area (Å²) in [6.07, 6.45) is 6.36. The van der Waals surface area contributed by atoms with Gasteiger partial charge in [0.05, 0.1) is 11.2 Å². The molecule has 1 aliphatic carbocycles. The topological polar surface area (TPSA) is 42.6 Å². The van der Waals surface area contributed by atoms with Crippen LogP contribution in [0.3, 0.4) is 0 Å². The molecule has 2 aromatic rings. The first-order chi connectivity index (χ1) is 10.3. The van der Waals surface area contributed by atoms with E-state index in [0.29, 0.717) is 7.48 Å². The molecule has 0 saturated heterocycles. The minimum absolute atomic E-state index is 0.469. The molecule has 0 radical (unpaired) electrons. The van der Waals surface area contributed by atoms with Gasteiger partial charge in [0.2, 0.25) is 0 Å². The Hall–Kier alpha value is -1.52. The van der Waals surface area contributed by atoms with Crippen molar-refractivity contribution in [1.29, 1.82) is 0 Å². The maximum atomic E-state index is 10.2. The van der Waals surface area contributed by atoms with Crippen LogP contribution in [-0.4, -0.2) is 23.8 Å². The van der Waals surface area contributed by atoms with Crippen LogP contribution in [0, 0.1) is 0 Å². The Morgan fingerprint density at radius 2 is 2.00 bits per heavy atom. The minimum atomic E-state index is -0.894. The summed E-state index contributed by atoms with van der Waals surface area (Å²) in [7, 11) is 0.469. The molecule has 0 atom stereocenters. The predicted octanol–water partition coefficient (Wildman–Crippen LogP) is 2.94. The van der Waals surface area contributed by atoms with Crippen LogP contribution in [0.1, 0.15) is 45.4 Å². The van der Waals surface area contributed by atoms with Crippen LogP contribution in [0.15, 0.2) is 28.7 Å². The average Bonchev–Trinajstić information content (AvgIpc) is 2.82. The Morgan fingerprint density at radius 3 is 2.73 bits per heavy atom. The first-order valence-corrected chi connectivity index (χ1v) is 7.85. The average molecular weight is 298 g/mol. The van der Waals surface area contributed by atoms with Gasteiger partial charge in [-0.05, 0) is 40.2 Å². The number of furan rings is 1. The number of allylic oxidation sites excluding steroid dienone is 1. The third-order valence-electron chi connectivity index (χ3n) is 4.76. The molecule has 1 heterocycles. The molecule has 4 heteroatoms. The number of hydrogen-bond donors (Lipinski definition) is 1. The van der Waals surface area contributed by atoms with Gasteiger partial charge >= 0.3 is 7.48 Å². The van der Waals surface area contributed by atoms with E-state index in [-0.39, 0.29) is 0 Å². The van der Waals surface area contributed by atoms with Crippen LogP contribution in [-0.2, 0) is 11.1 Å². The molecule has 1 N–H and O–H groups in total. The van der Waals surface area contributed by atoms with E-state index in [2.05, 4.69) is 18.2 Å². The van der Waals surface area contributed by atoms with Crippen molar-refractivity contribution in [3.05, 3.63) is 35.6 Å². The summed E-state index contributed by atoms with van der Waals surface area (Å²) in [4.78, 5) is 0. The fourth-order valence-corrected chi connectivity index (χ4v) is 2.53. The maximum Gasteiger partial charge on any atom is 0.309 e. The SMILES string of the molecule is CC(C)(O)C(C)(C)OBc1ccc2oc3c(c2c1)C=CCC3. The zero-order valence-electron chi connectivity index (χ0n) is 13.8. The number of fused-ring (bicyclic) bond motifs is 3. The fraction of sp³-hybridized carbons (Fsp3) is 0.444. The number of hydrogen-bond acceptors (Lipinski definition) is 3. The molecule has 0 spiro atoms. The normalized spacial score (nSPS) is 15.1. The fourth-order valence-electron chi connectivity index (χ4n) is 2.53. The highest BCUT2D eigenvalue weighted by Crippen LogP contribution is 2.30. The molecule has 22 heavy (non-hydrogen) atoms. The van der Waals surface area contributed by atoms with Crippen molar-refractivity contribution in [3.63, 3.8) is 0 Å². The molecule has 0 saturated carbocycles. The summed E-state index contributed by atoms with van der Waals surface area (Å²) in [5.41, 5.74) is 1.71. The highest BCUT2D eigenvalue weighted by atomic mass is 16.5. The lowest BCUT2D eigenvalue weighted by molar-refractivity contribution is -0.0893. The van der Waals surface area contributed by atoms with E-state index < -0.39 is 11.2 Å². The van der Waals surface area contributed by atoms with Crippen LogP contribution < -0.4 is 5.46 Å². The van der Waals surface area contributed by atoms with Crippen molar-refractivity contribution < 1.29 is 14.2 Å². The lowest BCUT2D eigenvalue weighted by Gasteiger charge is -2.37. The zero-order valence-corrected chi connectivity index (χ0v) is 13.8. The summed E-state index contributed by atoms with van der Waals surface area (Å²) in [5, 5.41) is 11.3. The number of aliphatic hydroxyl groups is 1. The molecule has 3 rings (SSSR count). The summed E-state index contributed by atoms with van der Waals surface area (Å²) in [5.74, 6) is 1.08. The molecule has 1 aliphatic rings. The van der Waals surface area contributed by atoms with Crippen molar-refractivity contribution in [1.82, 2.24) is 0 Å². The Labute approximate surface area is 132 Å². The third kappa shape index (κ3) is 2.73. The van der Waals surface area contributed by atoms with Gasteiger partial charge < -0.3 is 14.2 Å². The largest absolute Gasteiger partial charge is 0.460 e. The predicted molar refractivity (Wildman–Crippen MR) is 91.8 cm³/mol. The molecular formula is C18H23BO3. The summed E-state index contributed by atoms with van der Waals surface area (Å²) < 4.78 is 11.9. The Bertz CT molecular complexity index is 720. The van der Waals surface area contributed by atoms with E-state index in [1.54, 1.807) is 13.8 Å². The second-order valence-electron chi connectivity index (χ2n) is 7.07. The van der Waals surface area contributed by atoms with E-state index in [4.69, 9.17) is 9.07 Å². The molecule has 0 unspecified atom stereocenters. The lowest BCUT2D eigenvalue weighted by Crippen LogP contribution is -2.49. The van der Waals surface area contributed by atoms with Crippen molar-refractivity contribution in [2.75, 3.05) is 0 Å². The Morgan fingerprint density at radius 1 is 1.23 bits per heavy atom. The van der Waals surface area contributed by atoms with E-state index in [1.807, 2.05) is 26.0 Å². The van der Waals surface area contributed by atoms with Crippen LogP contribution in [0.25, 0.3) is 17.0 Å². The number of benzene rings is 1. The first kappa shape index (κ1) is 15.4. The molecular weight excluding hydrogens is 275 g/mol. The highest BCUT2D eigenvalue weighted by Gasteiger charge is 2.35. The standard InChI is InChI=1S/C18H23BO3/c1-17(2,20)18(3,4)22-19-12-9-10-16-14(11-12)13-7-5-6-8-15(13)21-16/h5,7,9-11,19-20H,6,8H2,1-4H3. The third-order valence-corrected chi connectivity index (χ3v) is 4.76. The highest BCUT2D eigenvalue weighted by molar-refractivity contribution is 6.47. The van der Waals surface area contributed by atoms with Crippen LogP contribution in [0.5, 0.6) is 0 Å². The molecule has 1 aromatic heterocycles. The first-order valence-electron chi connectivity index (χ1n) is 7.85. The van der Waals surface area contributed by atoms with Crippen molar-refractivity contribution in [3.8, 4) is 0 Å². The van der Waals surface area contributed by atoms with Crippen LogP contribution in [0.4, 0.5) is 0 Å². The van der Waals surface area contributed by atoms with Crippen LogP contribution in [0.2, 0.25) is 0 Å². The van der Waals surface area contributed by atoms with Gasteiger partial charge in [-0.1, -0.05) is 29.7 Å². The van der Waals surface area contributed by atoms with Gasteiger partial charge in [-0.25, -0.2) is 0 Å². The molecule has 3 nitrogen and oxygen atoms in total. The van der Waals surface area contributed by atoms with Crippen molar-refractivity contribution >= 4 is 30.0 Å². The van der Waals surface area contributed by atoms with E-state index >= 15 is 0 Å². The van der Waals surface area contributed by atoms with E-state index in [1.165, 1.54) is 5.56 Å². The van der Waals surface area contributed by atoms with Gasteiger partial charge in [0.25, 0.3) is 0 Å². The molecule has 0 bridgehead atoms. The van der Waals surface area contributed by atoms with E-state index in [0.717, 1.165) is 35.0 Å². The molecule has 0 aliphatic heterocycles. The second kappa shape index (κ2) is 5.29. The second-order valence-corrected chi connectivity index (χ2v) is 7.07. The number of aryl methyl sites for hydroxylation is 1. The Kier molecular flexibility index (Phi) is 3.70. The van der Waals surface area contributed by atoms with Crippen molar-refractivity contribution in [2.45, 2.75) is 51.7 Å². The molecule has 0 amide bonds. The molecule has 116 valence electrons. The van der Waals surface area contributed by atoms with Gasteiger partial charge in [-0.3, -0.25) is 0 Å². The van der Waals surface area contributed by atoms with E-state index in [9.17, 15) is 5.11 Å². The van der Waals surface area contributed by atoms with Gasteiger partial charge in [-0.15, -0.1) is 0 Å². The smallest absolute Gasteiger partial charge is 0.309 e. The van der Waals surface area contributed by atoms with Gasteiger partial charge in [0, 0.05) is 17.4 Å².